The fourth-order valence-electron chi connectivity index (χ4n) is 2.98. The Bertz CT molecular complexity index is 579. The SMILES string of the molecule is CC(=O)N1CCN(C(=O)/C(C#N)=C\N2CCC(C(=O)O)CC2)CC1. The van der Waals surface area contributed by atoms with Crippen LogP contribution in [0.1, 0.15) is 19.8 Å². The number of rotatable bonds is 3. The fourth-order valence-corrected chi connectivity index (χ4v) is 2.98. The van der Waals surface area contributed by atoms with E-state index in [0.29, 0.717) is 52.1 Å². The first-order valence-corrected chi connectivity index (χ1v) is 8.06. The van der Waals surface area contributed by atoms with Crippen molar-refractivity contribution in [3.63, 3.8) is 0 Å². The number of nitriles is 1. The van der Waals surface area contributed by atoms with E-state index < -0.39 is 5.97 Å². The van der Waals surface area contributed by atoms with Crippen LogP contribution in [0.3, 0.4) is 0 Å². The molecule has 2 fully saturated rings. The number of amides is 2. The molecule has 24 heavy (non-hydrogen) atoms. The highest BCUT2D eigenvalue weighted by molar-refractivity contribution is 5.97. The van der Waals surface area contributed by atoms with Gasteiger partial charge in [0.2, 0.25) is 5.91 Å². The van der Waals surface area contributed by atoms with Gasteiger partial charge in [-0.3, -0.25) is 14.4 Å². The molecule has 0 unspecified atom stereocenters. The third-order valence-corrected chi connectivity index (χ3v) is 4.55. The minimum Gasteiger partial charge on any atom is -0.481 e. The molecule has 2 rings (SSSR count). The van der Waals surface area contributed by atoms with E-state index >= 15 is 0 Å². The van der Waals surface area contributed by atoms with Crippen molar-refractivity contribution >= 4 is 17.8 Å². The van der Waals surface area contributed by atoms with Gasteiger partial charge in [0.05, 0.1) is 5.92 Å². The third kappa shape index (κ3) is 4.25. The lowest BCUT2D eigenvalue weighted by Crippen LogP contribution is -2.50. The molecule has 0 radical (unpaired) electrons. The molecule has 2 saturated heterocycles. The zero-order valence-corrected chi connectivity index (χ0v) is 13.8. The number of carbonyl (C=O) groups excluding carboxylic acids is 2. The summed E-state index contributed by atoms with van der Waals surface area (Å²) in [7, 11) is 0. The van der Waals surface area contributed by atoms with Crippen LogP contribution in [0.4, 0.5) is 0 Å². The van der Waals surface area contributed by atoms with Gasteiger partial charge in [-0.05, 0) is 12.8 Å². The predicted octanol–water partition coefficient (Wildman–Crippen LogP) is -0.119. The van der Waals surface area contributed by atoms with Crippen molar-refractivity contribution in [1.82, 2.24) is 14.7 Å². The topological polar surface area (TPSA) is 105 Å². The van der Waals surface area contributed by atoms with Crippen molar-refractivity contribution < 1.29 is 19.5 Å². The summed E-state index contributed by atoms with van der Waals surface area (Å²) in [6, 6.07) is 1.95. The van der Waals surface area contributed by atoms with Crippen LogP contribution in [0, 0.1) is 17.2 Å². The van der Waals surface area contributed by atoms with Crippen molar-refractivity contribution in [1.29, 1.82) is 5.26 Å². The molecule has 1 N–H and O–H groups in total. The lowest BCUT2D eigenvalue weighted by molar-refractivity contribution is -0.143. The van der Waals surface area contributed by atoms with E-state index in [0.717, 1.165) is 0 Å². The van der Waals surface area contributed by atoms with E-state index in [4.69, 9.17) is 5.11 Å². The number of hydrogen-bond donors (Lipinski definition) is 1. The maximum Gasteiger partial charge on any atom is 0.306 e. The van der Waals surface area contributed by atoms with Gasteiger partial charge in [0.15, 0.2) is 0 Å². The molecule has 0 saturated carbocycles. The second-order valence-corrected chi connectivity index (χ2v) is 6.10. The van der Waals surface area contributed by atoms with Gasteiger partial charge < -0.3 is 19.8 Å². The summed E-state index contributed by atoms with van der Waals surface area (Å²) in [4.78, 5) is 39.8. The maximum atomic E-state index is 12.5. The van der Waals surface area contributed by atoms with Gasteiger partial charge >= 0.3 is 5.97 Å². The van der Waals surface area contributed by atoms with Crippen molar-refractivity contribution in [3.05, 3.63) is 11.8 Å². The molecule has 2 amide bonds. The van der Waals surface area contributed by atoms with Crippen molar-refractivity contribution in [2.75, 3.05) is 39.3 Å². The number of nitrogens with zero attached hydrogens (tertiary/aromatic N) is 4. The lowest BCUT2D eigenvalue weighted by atomic mass is 9.97. The van der Waals surface area contributed by atoms with Gasteiger partial charge in [0.1, 0.15) is 11.6 Å². The average Bonchev–Trinajstić information content (AvgIpc) is 2.59. The van der Waals surface area contributed by atoms with E-state index in [1.165, 1.54) is 13.1 Å². The molecule has 0 spiro atoms. The van der Waals surface area contributed by atoms with E-state index in [1.807, 2.05) is 11.0 Å². The van der Waals surface area contributed by atoms with Gasteiger partial charge in [-0.1, -0.05) is 0 Å². The van der Waals surface area contributed by atoms with Crippen LogP contribution in [0.5, 0.6) is 0 Å². The molecular formula is C16H22N4O4. The first kappa shape index (κ1) is 17.8. The summed E-state index contributed by atoms with van der Waals surface area (Å²) in [5, 5.41) is 18.3. The fraction of sp³-hybridized carbons (Fsp3) is 0.625. The summed E-state index contributed by atoms with van der Waals surface area (Å²) < 4.78 is 0. The molecule has 130 valence electrons. The van der Waals surface area contributed by atoms with E-state index in [2.05, 4.69) is 0 Å². The van der Waals surface area contributed by atoms with E-state index in [1.54, 1.807) is 9.80 Å². The molecule has 2 heterocycles. The van der Waals surface area contributed by atoms with E-state index in [9.17, 15) is 19.6 Å². The van der Waals surface area contributed by atoms with Crippen molar-refractivity contribution in [2.24, 2.45) is 5.92 Å². The average molecular weight is 334 g/mol. The van der Waals surface area contributed by atoms with Gasteiger partial charge in [-0.25, -0.2) is 0 Å². The Hall–Kier alpha value is -2.56. The largest absolute Gasteiger partial charge is 0.481 e. The molecule has 0 bridgehead atoms. The van der Waals surface area contributed by atoms with Gasteiger partial charge in [-0.15, -0.1) is 0 Å². The normalized spacial score (nSPS) is 19.8. The third-order valence-electron chi connectivity index (χ3n) is 4.55. The monoisotopic (exact) mass is 334 g/mol. The van der Waals surface area contributed by atoms with Crippen LogP contribution >= 0.6 is 0 Å². The summed E-state index contributed by atoms with van der Waals surface area (Å²) in [5.74, 6) is -1.49. The molecule has 0 atom stereocenters. The number of carbonyl (C=O) groups is 3. The molecule has 8 nitrogen and oxygen atoms in total. The number of carboxylic acid groups (broad SMARTS) is 1. The Balaban J connectivity index is 1.94. The zero-order chi connectivity index (χ0) is 17.7. The Kier molecular flexibility index (Phi) is 5.79. The van der Waals surface area contributed by atoms with Gasteiger partial charge in [-0.2, -0.15) is 5.26 Å². The lowest BCUT2D eigenvalue weighted by Gasteiger charge is -2.34. The molecule has 0 aromatic carbocycles. The smallest absolute Gasteiger partial charge is 0.306 e. The first-order valence-electron chi connectivity index (χ1n) is 8.06. The van der Waals surface area contributed by atoms with Crippen molar-refractivity contribution in [2.45, 2.75) is 19.8 Å². The molecule has 2 aliphatic heterocycles. The highest BCUT2D eigenvalue weighted by Gasteiger charge is 2.27. The minimum absolute atomic E-state index is 0.0144. The first-order chi connectivity index (χ1) is 11.4. The molecule has 0 aromatic rings. The molecule has 0 aliphatic carbocycles. The highest BCUT2D eigenvalue weighted by Crippen LogP contribution is 2.18. The summed E-state index contributed by atoms with van der Waals surface area (Å²) in [5.41, 5.74) is 0.0556. The van der Waals surface area contributed by atoms with Crippen LogP contribution in [-0.4, -0.2) is 76.9 Å². The van der Waals surface area contributed by atoms with Crippen LogP contribution < -0.4 is 0 Å². The van der Waals surface area contributed by atoms with Crippen LogP contribution in [-0.2, 0) is 14.4 Å². The number of carboxylic acids is 1. The standard InChI is InChI=1S/C16H22N4O4/c1-12(21)19-6-8-20(9-7-19)15(22)14(10-17)11-18-4-2-13(3-5-18)16(23)24/h11,13H,2-9H2,1H3,(H,23,24)/b14-11-. The Morgan fingerprint density at radius 2 is 1.58 bits per heavy atom. The summed E-state index contributed by atoms with van der Waals surface area (Å²) in [6.45, 7) is 4.32. The Labute approximate surface area is 140 Å². The molecule has 2 aliphatic rings. The second kappa shape index (κ2) is 7.81. The Morgan fingerprint density at radius 3 is 2.04 bits per heavy atom. The maximum absolute atomic E-state index is 12.5. The second-order valence-electron chi connectivity index (χ2n) is 6.10. The number of hydrogen-bond acceptors (Lipinski definition) is 5. The van der Waals surface area contributed by atoms with Crippen molar-refractivity contribution in [3.8, 4) is 6.07 Å². The molecular weight excluding hydrogens is 312 g/mol. The number of aliphatic carboxylic acids is 1. The Morgan fingerprint density at radius 1 is 1.04 bits per heavy atom. The minimum atomic E-state index is -0.793. The molecule has 8 heteroatoms. The predicted molar refractivity (Wildman–Crippen MR) is 84.5 cm³/mol. The number of likely N-dealkylation sites (tertiary alicyclic amines) is 1. The number of piperazine rings is 1. The molecule has 0 aromatic heterocycles. The number of piperidine rings is 1. The van der Waals surface area contributed by atoms with Crippen LogP contribution in [0.2, 0.25) is 0 Å². The highest BCUT2D eigenvalue weighted by atomic mass is 16.4. The van der Waals surface area contributed by atoms with Gasteiger partial charge in [0.25, 0.3) is 5.91 Å². The quantitative estimate of drug-likeness (QED) is 0.570. The summed E-state index contributed by atoms with van der Waals surface area (Å²) in [6.07, 6.45) is 2.56. The van der Waals surface area contributed by atoms with Crippen LogP contribution in [0.25, 0.3) is 0 Å². The zero-order valence-electron chi connectivity index (χ0n) is 13.8. The van der Waals surface area contributed by atoms with Gasteiger partial charge in [0, 0.05) is 52.4 Å². The summed E-state index contributed by atoms with van der Waals surface area (Å²) >= 11 is 0. The van der Waals surface area contributed by atoms with Crippen LogP contribution in [0.15, 0.2) is 11.8 Å². The van der Waals surface area contributed by atoms with E-state index in [-0.39, 0.29) is 23.3 Å².